The van der Waals surface area contributed by atoms with Gasteiger partial charge in [-0.05, 0) is 38.0 Å². The molecule has 1 aromatic rings. The third-order valence-electron chi connectivity index (χ3n) is 4.51. The van der Waals surface area contributed by atoms with Gasteiger partial charge < -0.3 is 10.4 Å². The van der Waals surface area contributed by atoms with Gasteiger partial charge in [-0.1, -0.05) is 25.3 Å². The maximum absolute atomic E-state index is 12.8. The van der Waals surface area contributed by atoms with Crippen LogP contribution in [0.3, 0.4) is 0 Å². The maximum atomic E-state index is 12.8. The monoisotopic (exact) mass is 354 g/mol. The molecule has 1 fully saturated rings. The topological polar surface area (TPSA) is 86.7 Å². The molecule has 2 rings (SSSR count). The van der Waals surface area contributed by atoms with Gasteiger partial charge >= 0.3 is 0 Å². The molecule has 24 heavy (non-hydrogen) atoms. The summed E-state index contributed by atoms with van der Waals surface area (Å²) >= 11 is 0. The molecule has 1 amide bonds. The molecule has 1 aliphatic carbocycles. The van der Waals surface area contributed by atoms with Crippen molar-refractivity contribution < 1.29 is 18.3 Å². The third kappa shape index (κ3) is 4.34. The maximum Gasteiger partial charge on any atom is 0.251 e. The van der Waals surface area contributed by atoms with Gasteiger partial charge in [0, 0.05) is 24.7 Å². The molecule has 1 aliphatic rings. The lowest BCUT2D eigenvalue weighted by atomic mass is 9.96. The fraction of sp³-hybridized carbons (Fsp3) is 0.588. The number of nitrogens with zero attached hydrogens (tertiary/aromatic N) is 1. The van der Waals surface area contributed by atoms with Crippen molar-refractivity contribution in [2.24, 2.45) is 0 Å². The van der Waals surface area contributed by atoms with Gasteiger partial charge in [0.05, 0.1) is 11.5 Å². The van der Waals surface area contributed by atoms with Crippen LogP contribution in [0.1, 0.15) is 49.4 Å². The Morgan fingerprint density at radius 3 is 2.62 bits per heavy atom. The predicted octanol–water partition coefficient (Wildman–Crippen LogP) is 1.75. The van der Waals surface area contributed by atoms with Crippen LogP contribution < -0.4 is 5.32 Å². The Morgan fingerprint density at radius 2 is 2.00 bits per heavy atom. The van der Waals surface area contributed by atoms with Crippen molar-refractivity contribution in [3.63, 3.8) is 0 Å². The van der Waals surface area contributed by atoms with Crippen molar-refractivity contribution in [3.05, 3.63) is 29.8 Å². The first-order valence-electron chi connectivity index (χ1n) is 8.36. The summed E-state index contributed by atoms with van der Waals surface area (Å²) in [5, 5.41) is 11.6. The van der Waals surface area contributed by atoms with Crippen LogP contribution in [0.15, 0.2) is 29.2 Å². The van der Waals surface area contributed by atoms with Crippen molar-refractivity contribution in [1.29, 1.82) is 0 Å². The van der Waals surface area contributed by atoms with E-state index in [1.54, 1.807) is 26.1 Å². The summed E-state index contributed by atoms with van der Waals surface area (Å²) in [6, 6.07) is 5.69. The van der Waals surface area contributed by atoms with Gasteiger partial charge in [-0.3, -0.25) is 4.79 Å². The highest BCUT2D eigenvalue weighted by Gasteiger charge is 2.29. The lowest BCUT2D eigenvalue weighted by Gasteiger charge is -2.30. The number of carbonyl (C=O) groups excluding carboxylic acids is 1. The van der Waals surface area contributed by atoms with E-state index in [0.717, 1.165) is 32.1 Å². The molecule has 1 unspecified atom stereocenters. The molecule has 134 valence electrons. The van der Waals surface area contributed by atoms with E-state index in [9.17, 15) is 13.2 Å². The summed E-state index contributed by atoms with van der Waals surface area (Å²) in [6.07, 6.45) is 5.01. The number of sulfonamides is 1. The number of nitrogens with one attached hydrogen (secondary N) is 1. The number of aliphatic hydroxyl groups excluding tert-OH is 1. The lowest BCUT2D eigenvalue weighted by Crippen LogP contribution is -2.38. The summed E-state index contributed by atoms with van der Waals surface area (Å²) in [4.78, 5) is 12.3. The van der Waals surface area contributed by atoms with Crippen molar-refractivity contribution in [3.8, 4) is 0 Å². The predicted molar refractivity (Wildman–Crippen MR) is 92.3 cm³/mol. The summed E-state index contributed by atoms with van der Waals surface area (Å²) in [5.41, 5.74) is 0.272. The first-order chi connectivity index (χ1) is 11.4. The highest BCUT2D eigenvalue weighted by atomic mass is 32.2. The normalized spacial score (nSPS) is 17.7. The van der Waals surface area contributed by atoms with Gasteiger partial charge in [-0.2, -0.15) is 4.31 Å². The van der Waals surface area contributed by atoms with E-state index >= 15 is 0 Å². The quantitative estimate of drug-likeness (QED) is 0.815. The van der Waals surface area contributed by atoms with Crippen LogP contribution in [0.25, 0.3) is 0 Å². The zero-order chi connectivity index (χ0) is 17.7. The van der Waals surface area contributed by atoms with Crippen LogP contribution in [0, 0.1) is 0 Å². The highest BCUT2D eigenvalue weighted by molar-refractivity contribution is 7.89. The van der Waals surface area contributed by atoms with Crippen LogP contribution in [0.5, 0.6) is 0 Å². The van der Waals surface area contributed by atoms with Gasteiger partial charge in [0.15, 0.2) is 0 Å². The van der Waals surface area contributed by atoms with Gasteiger partial charge in [0.1, 0.15) is 0 Å². The Morgan fingerprint density at radius 1 is 1.33 bits per heavy atom. The SMILES string of the molecule is CC(CO)NC(=O)c1cccc(S(=O)(=O)N(C)C2CCCCC2)c1. The molecule has 0 heterocycles. The highest BCUT2D eigenvalue weighted by Crippen LogP contribution is 2.26. The van der Waals surface area contributed by atoms with E-state index in [4.69, 9.17) is 5.11 Å². The van der Waals surface area contributed by atoms with Crippen LogP contribution in [0.2, 0.25) is 0 Å². The molecular weight excluding hydrogens is 328 g/mol. The smallest absolute Gasteiger partial charge is 0.251 e. The Hall–Kier alpha value is -1.44. The fourth-order valence-corrected chi connectivity index (χ4v) is 4.42. The molecule has 1 aromatic carbocycles. The Labute approximate surface area is 143 Å². The van der Waals surface area contributed by atoms with Gasteiger partial charge in [-0.25, -0.2) is 8.42 Å². The molecule has 0 radical (unpaired) electrons. The Balaban J connectivity index is 2.21. The molecule has 1 saturated carbocycles. The van der Waals surface area contributed by atoms with Crippen molar-refractivity contribution >= 4 is 15.9 Å². The van der Waals surface area contributed by atoms with Gasteiger partial charge in [-0.15, -0.1) is 0 Å². The number of rotatable bonds is 6. The Bertz CT molecular complexity index is 669. The summed E-state index contributed by atoms with van der Waals surface area (Å²) < 4.78 is 27.1. The van der Waals surface area contributed by atoms with E-state index in [1.807, 2.05) is 0 Å². The number of benzene rings is 1. The van der Waals surface area contributed by atoms with Crippen molar-refractivity contribution in [2.45, 2.75) is 56.0 Å². The zero-order valence-corrected chi connectivity index (χ0v) is 15.1. The van der Waals surface area contributed by atoms with E-state index in [2.05, 4.69) is 5.32 Å². The summed E-state index contributed by atoms with van der Waals surface area (Å²) in [7, 11) is -2.01. The minimum Gasteiger partial charge on any atom is -0.394 e. The molecule has 7 heteroatoms. The standard InChI is InChI=1S/C17H26N2O4S/c1-13(12-20)18-17(21)14-7-6-10-16(11-14)24(22,23)19(2)15-8-4-3-5-9-15/h6-7,10-11,13,15,20H,3-5,8-9,12H2,1-2H3,(H,18,21). The first kappa shape index (κ1) is 18.9. The second kappa shape index (κ2) is 8.09. The average molecular weight is 354 g/mol. The zero-order valence-electron chi connectivity index (χ0n) is 14.2. The van der Waals surface area contributed by atoms with Crippen molar-refractivity contribution in [1.82, 2.24) is 9.62 Å². The number of amides is 1. The molecule has 0 bridgehead atoms. The molecule has 0 aromatic heterocycles. The molecule has 1 atom stereocenters. The van der Waals surface area contributed by atoms with Gasteiger partial charge in [0.25, 0.3) is 5.91 Å². The largest absolute Gasteiger partial charge is 0.394 e. The van der Waals surface area contributed by atoms with Crippen LogP contribution in [-0.2, 0) is 10.0 Å². The van der Waals surface area contributed by atoms with E-state index in [1.165, 1.54) is 16.4 Å². The fourth-order valence-electron chi connectivity index (χ4n) is 2.96. The number of hydrogen-bond acceptors (Lipinski definition) is 4. The second-order valence-electron chi connectivity index (χ2n) is 6.40. The molecule has 0 aliphatic heterocycles. The second-order valence-corrected chi connectivity index (χ2v) is 8.40. The summed E-state index contributed by atoms with van der Waals surface area (Å²) in [6.45, 7) is 1.50. The van der Waals surface area contributed by atoms with E-state index < -0.39 is 15.9 Å². The minimum absolute atomic E-state index is 0.0237. The number of aliphatic hydroxyl groups is 1. The van der Waals surface area contributed by atoms with Gasteiger partial charge in [0.2, 0.25) is 10.0 Å². The number of carbonyl (C=O) groups is 1. The Kier molecular flexibility index (Phi) is 6.37. The van der Waals surface area contributed by atoms with Crippen LogP contribution in [0.4, 0.5) is 0 Å². The molecule has 2 N–H and O–H groups in total. The molecular formula is C17H26N2O4S. The minimum atomic E-state index is -3.62. The van der Waals surface area contributed by atoms with E-state index in [-0.39, 0.29) is 29.1 Å². The molecule has 0 saturated heterocycles. The molecule has 6 nitrogen and oxygen atoms in total. The lowest BCUT2D eigenvalue weighted by molar-refractivity contribution is 0.0922. The van der Waals surface area contributed by atoms with Crippen LogP contribution >= 0.6 is 0 Å². The van der Waals surface area contributed by atoms with Crippen LogP contribution in [-0.4, -0.2) is 49.5 Å². The third-order valence-corrected chi connectivity index (χ3v) is 6.42. The first-order valence-corrected chi connectivity index (χ1v) is 9.80. The van der Waals surface area contributed by atoms with Crippen molar-refractivity contribution in [2.75, 3.05) is 13.7 Å². The molecule has 0 spiro atoms. The summed E-state index contributed by atoms with van der Waals surface area (Å²) in [5.74, 6) is -0.395. The average Bonchev–Trinajstić information content (AvgIpc) is 2.61. The van der Waals surface area contributed by atoms with E-state index in [0.29, 0.717) is 0 Å². The number of hydrogen-bond donors (Lipinski definition) is 2.